The Morgan fingerprint density at radius 2 is 1.90 bits per heavy atom. The Morgan fingerprint density at radius 1 is 1.29 bits per heavy atom. The molecule has 0 atom stereocenters. The molecule has 0 heterocycles. The third-order valence-electron chi connectivity index (χ3n) is 3.60. The van der Waals surface area contributed by atoms with Gasteiger partial charge in [0.15, 0.2) is 0 Å². The van der Waals surface area contributed by atoms with Gasteiger partial charge in [0.2, 0.25) is 15.9 Å². The standard InChI is InChI=1S/C15H22N2O3S/c1-3-12-4-8-14(9-5-12)17(21(2,19)20)11-10-16-15(18)13-6-7-13/h4-5,8-9,13H,3,6-7,10-11H2,1-2H3,(H,16,18). The van der Waals surface area contributed by atoms with Gasteiger partial charge in [0.1, 0.15) is 0 Å². The van der Waals surface area contributed by atoms with E-state index in [1.165, 1.54) is 10.6 Å². The molecule has 0 aromatic heterocycles. The number of sulfonamides is 1. The number of rotatable bonds is 7. The number of carbonyl (C=O) groups excluding carboxylic acids is 1. The highest BCUT2D eigenvalue weighted by atomic mass is 32.2. The number of carbonyl (C=O) groups is 1. The Labute approximate surface area is 126 Å². The van der Waals surface area contributed by atoms with Gasteiger partial charge in [-0.2, -0.15) is 0 Å². The quantitative estimate of drug-likeness (QED) is 0.831. The van der Waals surface area contributed by atoms with E-state index in [9.17, 15) is 13.2 Å². The summed E-state index contributed by atoms with van der Waals surface area (Å²) in [6.45, 7) is 2.64. The zero-order chi connectivity index (χ0) is 15.5. The van der Waals surface area contributed by atoms with Gasteiger partial charge in [-0.15, -0.1) is 0 Å². The zero-order valence-corrected chi connectivity index (χ0v) is 13.3. The van der Waals surface area contributed by atoms with Gasteiger partial charge in [0.25, 0.3) is 0 Å². The molecule has 5 nitrogen and oxygen atoms in total. The largest absolute Gasteiger partial charge is 0.354 e. The number of anilines is 1. The maximum atomic E-state index is 11.9. The normalized spacial score (nSPS) is 14.8. The molecule has 116 valence electrons. The molecule has 1 aromatic rings. The van der Waals surface area contributed by atoms with Gasteiger partial charge in [-0.3, -0.25) is 9.10 Å². The SMILES string of the molecule is CCc1ccc(N(CCNC(=O)C2CC2)S(C)(=O)=O)cc1. The molecule has 1 saturated carbocycles. The van der Waals surface area contributed by atoms with E-state index in [2.05, 4.69) is 12.2 Å². The predicted molar refractivity (Wildman–Crippen MR) is 83.7 cm³/mol. The van der Waals surface area contributed by atoms with Gasteiger partial charge in [-0.05, 0) is 37.0 Å². The smallest absolute Gasteiger partial charge is 0.232 e. The second-order valence-electron chi connectivity index (χ2n) is 5.42. The second kappa shape index (κ2) is 6.47. The van der Waals surface area contributed by atoms with Gasteiger partial charge in [-0.1, -0.05) is 19.1 Å². The fourth-order valence-corrected chi connectivity index (χ4v) is 3.08. The molecule has 1 N–H and O–H groups in total. The molecule has 1 aliphatic carbocycles. The number of amides is 1. The summed E-state index contributed by atoms with van der Waals surface area (Å²) in [5.74, 6) is 0.172. The van der Waals surface area contributed by atoms with Gasteiger partial charge in [0, 0.05) is 12.5 Å². The van der Waals surface area contributed by atoms with E-state index in [1.807, 2.05) is 24.3 Å². The molecule has 1 aliphatic rings. The van der Waals surface area contributed by atoms with Crippen LogP contribution in [-0.4, -0.2) is 33.7 Å². The molecule has 0 unspecified atom stereocenters. The molecule has 2 rings (SSSR count). The summed E-state index contributed by atoms with van der Waals surface area (Å²) in [6.07, 6.45) is 3.99. The molecule has 1 amide bonds. The Kier molecular flexibility index (Phi) is 4.88. The average Bonchev–Trinajstić information content (AvgIpc) is 3.27. The lowest BCUT2D eigenvalue weighted by Gasteiger charge is -2.22. The summed E-state index contributed by atoms with van der Waals surface area (Å²) in [7, 11) is -3.36. The number of hydrogen-bond donors (Lipinski definition) is 1. The summed E-state index contributed by atoms with van der Waals surface area (Å²) in [6, 6.07) is 7.47. The summed E-state index contributed by atoms with van der Waals surface area (Å²) < 4.78 is 25.2. The lowest BCUT2D eigenvalue weighted by molar-refractivity contribution is -0.122. The second-order valence-corrected chi connectivity index (χ2v) is 7.33. The molecular weight excluding hydrogens is 288 g/mol. The Bertz CT molecular complexity index is 592. The van der Waals surface area contributed by atoms with E-state index < -0.39 is 10.0 Å². The third kappa shape index (κ3) is 4.46. The molecule has 1 aromatic carbocycles. The van der Waals surface area contributed by atoms with E-state index in [1.54, 1.807) is 0 Å². The molecule has 0 aliphatic heterocycles. The molecule has 6 heteroatoms. The van der Waals surface area contributed by atoms with Gasteiger partial charge in [0.05, 0.1) is 18.5 Å². The van der Waals surface area contributed by atoms with Crippen molar-refractivity contribution in [3.63, 3.8) is 0 Å². The number of aryl methyl sites for hydroxylation is 1. The monoisotopic (exact) mass is 310 g/mol. The van der Waals surface area contributed by atoms with Crippen LogP contribution in [0.25, 0.3) is 0 Å². The van der Waals surface area contributed by atoms with Crippen LogP contribution in [0.3, 0.4) is 0 Å². The van der Waals surface area contributed by atoms with E-state index in [-0.39, 0.29) is 18.4 Å². The van der Waals surface area contributed by atoms with Crippen LogP contribution in [0.15, 0.2) is 24.3 Å². The predicted octanol–water partition coefficient (Wildman–Crippen LogP) is 1.54. The average molecular weight is 310 g/mol. The van der Waals surface area contributed by atoms with Crippen molar-refractivity contribution >= 4 is 21.6 Å². The fraction of sp³-hybridized carbons (Fsp3) is 0.533. The molecular formula is C15H22N2O3S. The highest BCUT2D eigenvalue weighted by Gasteiger charge is 2.29. The number of nitrogens with one attached hydrogen (secondary N) is 1. The summed E-state index contributed by atoms with van der Waals surface area (Å²) in [5, 5.41) is 2.79. The highest BCUT2D eigenvalue weighted by molar-refractivity contribution is 7.92. The van der Waals surface area contributed by atoms with E-state index >= 15 is 0 Å². The molecule has 21 heavy (non-hydrogen) atoms. The van der Waals surface area contributed by atoms with E-state index in [0.717, 1.165) is 24.8 Å². The van der Waals surface area contributed by atoms with Crippen molar-refractivity contribution in [3.8, 4) is 0 Å². The molecule has 0 spiro atoms. The Morgan fingerprint density at radius 3 is 2.38 bits per heavy atom. The van der Waals surface area contributed by atoms with E-state index in [4.69, 9.17) is 0 Å². The number of hydrogen-bond acceptors (Lipinski definition) is 3. The van der Waals surface area contributed by atoms with Gasteiger partial charge < -0.3 is 5.32 Å². The fourth-order valence-electron chi connectivity index (χ4n) is 2.15. The molecule has 0 saturated heterocycles. The van der Waals surface area contributed by atoms with Crippen LogP contribution < -0.4 is 9.62 Å². The van der Waals surface area contributed by atoms with Crippen LogP contribution in [0, 0.1) is 5.92 Å². The van der Waals surface area contributed by atoms with Crippen LogP contribution in [0.4, 0.5) is 5.69 Å². The van der Waals surface area contributed by atoms with Crippen LogP contribution in [0.2, 0.25) is 0 Å². The lowest BCUT2D eigenvalue weighted by Crippen LogP contribution is -2.38. The molecule has 1 fully saturated rings. The Hall–Kier alpha value is -1.56. The van der Waals surface area contributed by atoms with Crippen LogP contribution in [-0.2, 0) is 21.2 Å². The first kappa shape index (κ1) is 15.8. The Balaban J connectivity index is 2.01. The van der Waals surface area contributed by atoms with Crippen molar-refractivity contribution in [2.75, 3.05) is 23.7 Å². The maximum absolute atomic E-state index is 11.9. The summed E-state index contributed by atoms with van der Waals surface area (Å²) in [4.78, 5) is 11.6. The minimum absolute atomic E-state index is 0.0322. The van der Waals surface area contributed by atoms with Crippen molar-refractivity contribution < 1.29 is 13.2 Å². The van der Waals surface area contributed by atoms with Crippen molar-refractivity contribution in [3.05, 3.63) is 29.8 Å². The van der Waals surface area contributed by atoms with Crippen molar-refractivity contribution in [2.45, 2.75) is 26.2 Å². The maximum Gasteiger partial charge on any atom is 0.232 e. The van der Waals surface area contributed by atoms with Crippen LogP contribution in [0.1, 0.15) is 25.3 Å². The summed E-state index contributed by atoms with van der Waals surface area (Å²) in [5.41, 5.74) is 1.80. The first-order valence-corrected chi connectivity index (χ1v) is 9.11. The summed E-state index contributed by atoms with van der Waals surface area (Å²) >= 11 is 0. The van der Waals surface area contributed by atoms with Crippen LogP contribution in [0.5, 0.6) is 0 Å². The number of benzene rings is 1. The minimum Gasteiger partial charge on any atom is -0.354 e. The van der Waals surface area contributed by atoms with Gasteiger partial charge in [-0.25, -0.2) is 8.42 Å². The first-order chi connectivity index (χ1) is 9.91. The third-order valence-corrected chi connectivity index (χ3v) is 4.79. The van der Waals surface area contributed by atoms with Crippen LogP contribution >= 0.6 is 0 Å². The lowest BCUT2D eigenvalue weighted by atomic mass is 10.1. The topological polar surface area (TPSA) is 66.5 Å². The van der Waals surface area contributed by atoms with Crippen molar-refractivity contribution in [1.29, 1.82) is 0 Å². The number of nitrogens with zero attached hydrogens (tertiary/aromatic N) is 1. The zero-order valence-electron chi connectivity index (χ0n) is 12.5. The van der Waals surface area contributed by atoms with Crippen molar-refractivity contribution in [1.82, 2.24) is 5.32 Å². The minimum atomic E-state index is -3.36. The van der Waals surface area contributed by atoms with Crippen molar-refractivity contribution in [2.24, 2.45) is 5.92 Å². The molecule has 0 bridgehead atoms. The van der Waals surface area contributed by atoms with Gasteiger partial charge >= 0.3 is 0 Å². The highest BCUT2D eigenvalue weighted by Crippen LogP contribution is 2.28. The van der Waals surface area contributed by atoms with E-state index in [0.29, 0.717) is 12.2 Å². The molecule has 0 radical (unpaired) electrons. The first-order valence-electron chi connectivity index (χ1n) is 7.26.